The summed E-state index contributed by atoms with van der Waals surface area (Å²) < 4.78 is 0. The number of unbranched alkanes of at least 4 members (excludes halogenated alkanes) is 1. The van der Waals surface area contributed by atoms with Gasteiger partial charge in [-0.2, -0.15) is 0 Å². The summed E-state index contributed by atoms with van der Waals surface area (Å²) in [5.41, 5.74) is 0. The summed E-state index contributed by atoms with van der Waals surface area (Å²) in [5, 5.41) is 8.79. The Labute approximate surface area is 130 Å². The van der Waals surface area contributed by atoms with E-state index in [9.17, 15) is 4.79 Å². The second-order valence-corrected chi connectivity index (χ2v) is 7.64. The number of hydrogen-bond acceptors (Lipinski definition) is 1. The van der Waals surface area contributed by atoms with Gasteiger partial charge in [0.1, 0.15) is 0 Å². The van der Waals surface area contributed by atoms with Crippen LogP contribution in [0.25, 0.3) is 0 Å². The smallest absolute Gasteiger partial charge is 0.303 e. The number of carboxylic acids is 1. The molecule has 0 aliphatic heterocycles. The molecular weight excluding hydrogens is 260 g/mol. The van der Waals surface area contributed by atoms with Gasteiger partial charge >= 0.3 is 5.97 Å². The predicted octanol–water partition coefficient (Wildman–Crippen LogP) is 5.65. The molecule has 122 valence electrons. The van der Waals surface area contributed by atoms with Crippen LogP contribution in [0.4, 0.5) is 0 Å². The van der Waals surface area contributed by atoms with Crippen LogP contribution in [0.15, 0.2) is 0 Å². The average Bonchev–Trinajstić information content (AvgIpc) is 2.52. The summed E-state index contributed by atoms with van der Waals surface area (Å²) in [6.07, 6.45) is 16.7. The summed E-state index contributed by atoms with van der Waals surface area (Å²) in [7, 11) is 0. The van der Waals surface area contributed by atoms with Gasteiger partial charge in [0, 0.05) is 6.42 Å². The Morgan fingerprint density at radius 1 is 0.857 bits per heavy atom. The first-order valence-corrected chi connectivity index (χ1v) is 9.40. The lowest BCUT2D eigenvalue weighted by molar-refractivity contribution is -0.137. The highest BCUT2D eigenvalue weighted by Gasteiger charge is 2.30. The molecule has 2 aliphatic carbocycles. The molecule has 2 aliphatic rings. The van der Waals surface area contributed by atoms with Crippen molar-refractivity contribution in [1.29, 1.82) is 0 Å². The molecular formula is C19H34O2. The van der Waals surface area contributed by atoms with Gasteiger partial charge < -0.3 is 5.11 Å². The van der Waals surface area contributed by atoms with Crippen LogP contribution in [-0.4, -0.2) is 11.1 Å². The zero-order valence-electron chi connectivity index (χ0n) is 13.9. The molecule has 0 unspecified atom stereocenters. The fourth-order valence-electron chi connectivity index (χ4n) is 4.72. The summed E-state index contributed by atoms with van der Waals surface area (Å²) in [4.78, 5) is 10.7. The lowest BCUT2D eigenvalue weighted by atomic mass is 9.68. The van der Waals surface area contributed by atoms with Crippen molar-refractivity contribution in [2.75, 3.05) is 0 Å². The van der Waals surface area contributed by atoms with Crippen LogP contribution in [-0.2, 0) is 4.79 Å². The van der Waals surface area contributed by atoms with Crippen LogP contribution in [0.1, 0.15) is 90.4 Å². The SMILES string of the molecule is CCCC[C@H]1CC[C@H]([C@H]2CC[C@H](CCC(=O)O)CC2)CC1. The van der Waals surface area contributed by atoms with E-state index in [2.05, 4.69) is 6.92 Å². The third-order valence-corrected chi connectivity index (χ3v) is 6.18. The van der Waals surface area contributed by atoms with Gasteiger partial charge in [0.05, 0.1) is 0 Å². The average molecular weight is 294 g/mol. The number of aliphatic carboxylic acids is 1. The number of carbonyl (C=O) groups is 1. The summed E-state index contributed by atoms with van der Waals surface area (Å²) in [6.45, 7) is 2.30. The lowest BCUT2D eigenvalue weighted by Crippen LogP contribution is -2.26. The van der Waals surface area contributed by atoms with Crippen molar-refractivity contribution < 1.29 is 9.90 Å². The van der Waals surface area contributed by atoms with E-state index in [1.165, 1.54) is 70.6 Å². The first-order chi connectivity index (χ1) is 10.2. The Kier molecular flexibility index (Phi) is 7.06. The van der Waals surface area contributed by atoms with Crippen LogP contribution in [0.2, 0.25) is 0 Å². The molecule has 21 heavy (non-hydrogen) atoms. The molecule has 0 aromatic heterocycles. The van der Waals surface area contributed by atoms with Gasteiger partial charge in [0.2, 0.25) is 0 Å². The minimum Gasteiger partial charge on any atom is -0.481 e. The van der Waals surface area contributed by atoms with Crippen molar-refractivity contribution in [3.63, 3.8) is 0 Å². The minimum absolute atomic E-state index is 0.373. The largest absolute Gasteiger partial charge is 0.481 e. The molecule has 2 heteroatoms. The molecule has 2 rings (SSSR count). The van der Waals surface area contributed by atoms with Crippen LogP contribution in [0.3, 0.4) is 0 Å². The van der Waals surface area contributed by atoms with Gasteiger partial charge in [-0.1, -0.05) is 51.9 Å². The second kappa shape index (κ2) is 8.80. The van der Waals surface area contributed by atoms with E-state index in [0.717, 1.165) is 24.2 Å². The Morgan fingerprint density at radius 2 is 1.33 bits per heavy atom. The second-order valence-electron chi connectivity index (χ2n) is 7.64. The van der Waals surface area contributed by atoms with Crippen molar-refractivity contribution in [3.05, 3.63) is 0 Å². The molecule has 0 aromatic carbocycles. The normalized spacial score (nSPS) is 33.8. The maximum atomic E-state index is 10.7. The molecule has 0 saturated heterocycles. The van der Waals surface area contributed by atoms with Crippen molar-refractivity contribution in [1.82, 2.24) is 0 Å². The van der Waals surface area contributed by atoms with Crippen molar-refractivity contribution in [3.8, 4) is 0 Å². The molecule has 0 spiro atoms. The van der Waals surface area contributed by atoms with E-state index in [1.807, 2.05) is 0 Å². The zero-order valence-corrected chi connectivity index (χ0v) is 13.9. The monoisotopic (exact) mass is 294 g/mol. The van der Waals surface area contributed by atoms with Crippen LogP contribution < -0.4 is 0 Å². The molecule has 1 N–H and O–H groups in total. The van der Waals surface area contributed by atoms with Crippen molar-refractivity contribution in [2.45, 2.75) is 90.4 Å². The standard InChI is InChI=1S/C19H34O2/c1-2-3-4-15-5-10-17(11-6-15)18-12-7-16(8-13-18)9-14-19(20)21/h15-18H,2-14H2,1H3,(H,20,21)/t15-,16-,17-,18-. The van der Waals surface area contributed by atoms with Crippen molar-refractivity contribution >= 4 is 5.97 Å². The third kappa shape index (κ3) is 5.64. The maximum absolute atomic E-state index is 10.7. The van der Waals surface area contributed by atoms with Gasteiger partial charge in [-0.25, -0.2) is 0 Å². The minimum atomic E-state index is -0.623. The maximum Gasteiger partial charge on any atom is 0.303 e. The van der Waals surface area contributed by atoms with Gasteiger partial charge in [0.25, 0.3) is 0 Å². The Hall–Kier alpha value is -0.530. The first-order valence-electron chi connectivity index (χ1n) is 9.40. The van der Waals surface area contributed by atoms with Crippen molar-refractivity contribution in [2.24, 2.45) is 23.7 Å². The summed E-state index contributed by atoms with van der Waals surface area (Å²) in [6, 6.07) is 0. The topological polar surface area (TPSA) is 37.3 Å². The highest BCUT2D eigenvalue weighted by Crippen LogP contribution is 2.42. The first kappa shape index (κ1) is 16.8. The van der Waals surface area contributed by atoms with E-state index >= 15 is 0 Å². The fourth-order valence-corrected chi connectivity index (χ4v) is 4.72. The molecule has 2 nitrogen and oxygen atoms in total. The van der Waals surface area contributed by atoms with Crippen LogP contribution in [0, 0.1) is 23.7 Å². The molecule has 0 bridgehead atoms. The predicted molar refractivity (Wildman–Crippen MR) is 87.3 cm³/mol. The van der Waals surface area contributed by atoms with Gasteiger partial charge in [-0.05, 0) is 55.8 Å². The third-order valence-electron chi connectivity index (χ3n) is 6.18. The zero-order chi connectivity index (χ0) is 15.1. The molecule has 2 fully saturated rings. The Balaban J connectivity index is 1.63. The number of hydrogen-bond donors (Lipinski definition) is 1. The molecule has 0 atom stereocenters. The Morgan fingerprint density at radius 3 is 1.76 bits per heavy atom. The molecule has 2 saturated carbocycles. The highest BCUT2D eigenvalue weighted by atomic mass is 16.4. The van der Waals surface area contributed by atoms with E-state index in [4.69, 9.17) is 5.11 Å². The lowest BCUT2D eigenvalue weighted by Gasteiger charge is -2.38. The van der Waals surface area contributed by atoms with Crippen LogP contribution >= 0.6 is 0 Å². The number of carboxylic acid groups (broad SMARTS) is 1. The van der Waals surface area contributed by atoms with Gasteiger partial charge in [-0.15, -0.1) is 0 Å². The quantitative estimate of drug-likeness (QED) is 0.658. The van der Waals surface area contributed by atoms with Gasteiger partial charge in [-0.3, -0.25) is 4.79 Å². The van der Waals surface area contributed by atoms with E-state index in [0.29, 0.717) is 12.3 Å². The highest BCUT2D eigenvalue weighted by molar-refractivity contribution is 5.66. The Bertz CT molecular complexity index is 297. The van der Waals surface area contributed by atoms with Crippen LogP contribution in [0.5, 0.6) is 0 Å². The van der Waals surface area contributed by atoms with E-state index < -0.39 is 5.97 Å². The molecule has 0 aromatic rings. The molecule has 0 amide bonds. The van der Waals surface area contributed by atoms with E-state index in [1.54, 1.807) is 0 Å². The summed E-state index contributed by atoms with van der Waals surface area (Å²) in [5.74, 6) is 3.04. The van der Waals surface area contributed by atoms with E-state index in [-0.39, 0.29) is 0 Å². The fraction of sp³-hybridized carbons (Fsp3) is 0.947. The number of rotatable bonds is 7. The van der Waals surface area contributed by atoms with Gasteiger partial charge in [0.15, 0.2) is 0 Å². The summed E-state index contributed by atoms with van der Waals surface area (Å²) >= 11 is 0. The molecule has 0 radical (unpaired) electrons. The molecule has 0 heterocycles.